The van der Waals surface area contributed by atoms with Crippen LogP contribution < -0.4 is 0 Å². The Morgan fingerprint density at radius 3 is 2.50 bits per heavy atom. The van der Waals surface area contributed by atoms with Gasteiger partial charge in [0.15, 0.2) is 11.9 Å². The van der Waals surface area contributed by atoms with Crippen LogP contribution in [0.15, 0.2) is 11.1 Å². The summed E-state index contributed by atoms with van der Waals surface area (Å²) >= 11 is 0. The van der Waals surface area contributed by atoms with Gasteiger partial charge in [-0.1, -0.05) is 19.4 Å². The van der Waals surface area contributed by atoms with E-state index < -0.39 is 12.2 Å². The number of carbonyl (C=O) groups excluding carboxylic acids is 2. The second-order valence-corrected chi connectivity index (χ2v) is 6.17. The summed E-state index contributed by atoms with van der Waals surface area (Å²) in [5.74, 6) is -0.0663. The first-order chi connectivity index (χ1) is 9.33. The SMILES string of the molecule is CC1=C(C)C(C)(C)CC(OC(=O)N2CCOCC2)C1=O. The van der Waals surface area contributed by atoms with E-state index in [0.717, 1.165) is 11.1 Å². The topological polar surface area (TPSA) is 55.8 Å². The highest BCUT2D eigenvalue weighted by atomic mass is 16.6. The van der Waals surface area contributed by atoms with Crippen molar-refractivity contribution >= 4 is 11.9 Å². The Bertz CT molecular complexity index is 447. The van der Waals surface area contributed by atoms with Crippen LogP contribution in [0, 0.1) is 5.41 Å². The Labute approximate surface area is 119 Å². The van der Waals surface area contributed by atoms with E-state index in [4.69, 9.17) is 9.47 Å². The van der Waals surface area contributed by atoms with Gasteiger partial charge >= 0.3 is 6.09 Å². The van der Waals surface area contributed by atoms with Gasteiger partial charge in [0.1, 0.15) is 0 Å². The normalized spacial score (nSPS) is 26.7. The Balaban J connectivity index is 2.06. The molecule has 0 N–H and O–H groups in total. The summed E-state index contributed by atoms with van der Waals surface area (Å²) in [6.45, 7) is 10.0. The molecule has 20 heavy (non-hydrogen) atoms. The van der Waals surface area contributed by atoms with E-state index >= 15 is 0 Å². The van der Waals surface area contributed by atoms with Gasteiger partial charge in [0.25, 0.3) is 0 Å². The standard InChI is InChI=1S/C15H23NO4/c1-10-11(2)15(3,4)9-12(13(10)17)20-14(18)16-5-7-19-8-6-16/h12H,5-9H2,1-4H3. The summed E-state index contributed by atoms with van der Waals surface area (Å²) in [7, 11) is 0. The highest BCUT2D eigenvalue weighted by Crippen LogP contribution is 2.39. The van der Waals surface area contributed by atoms with E-state index in [-0.39, 0.29) is 11.2 Å². The molecular weight excluding hydrogens is 258 g/mol. The summed E-state index contributed by atoms with van der Waals surface area (Å²) in [4.78, 5) is 26.0. The van der Waals surface area contributed by atoms with Gasteiger partial charge in [-0.3, -0.25) is 4.79 Å². The van der Waals surface area contributed by atoms with Crippen molar-refractivity contribution in [3.63, 3.8) is 0 Å². The minimum Gasteiger partial charge on any atom is -0.438 e. The molecule has 0 bridgehead atoms. The average molecular weight is 281 g/mol. The van der Waals surface area contributed by atoms with Crippen LogP contribution in [-0.2, 0) is 14.3 Å². The molecule has 1 aliphatic carbocycles. The van der Waals surface area contributed by atoms with Crippen molar-refractivity contribution in [2.45, 2.75) is 40.2 Å². The zero-order valence-electron chi connectivity index (χ0n) is 12.7. The maximum absolute atomic E-state index is 12.3. The summed E-state index contributed by atoms with van der Waals surface area (Å²) in [5.41, 5.74) is 1.69. The zero-order valence-corrected chi connectivity index (χ0v) is 12.7. The van der Waals surface area contributed by atoms with E-state index in [1.165, 1.54) is 0 Å². The molecule has 0 radical (unpaired) electrons. The number of ketones is 1. The predicted octanol–water partition coefficient (Wildman–Crippen LogP) is 2.16. The summed E-state index contributed by atoms with van der Waals surface area (Å²) in [6.07, 6.45) is -0.524. The zero-order chi connectivity index (χ0) is 14.9. The number of carbonyl (C=O) groups is 2. The van der Waals surface area contributed by atoms with E-state index in [9.17, 15) is 9.59 Å². The van der Waals surface area contributed by atoms with Gasteiger partial charge in [-0.15, -0.1) is 0 Å². The van der Waals surface area contributed by atoms with Crippen LogP contribution in [0.25, 0.3) is 0 Å². The summed E-state index contributed by atoms with van der Waals surface area (Å²) in [6, 6.07) is 0. The maximum Gasteiger partial charge on any atom is 0.410 e. The van der Waals surface area contributed by atoms with Gasteiger partial charge in [0.05, 0.1) is 13.2 Å². The number of morpholine rings is 1. The molecule has 1 fully saturated rings. The second-order valence-electron chi connectivity index (χ2n) is 6.17. The molecule has 112 valence electrons. The highest BCUT2D eigenvalue weighted by molar-refractivity contribution is 6.01. The number of nitrogens with zero attached hydrogens (tertiary/aromatic N) is 1. The average Bonchev–Trinajstić information content (AvgIpc) is 2.43. The second kappa shape index (κ2) is 5.56. The van der Waals surface area contributed by atoms with Crippen LogP contribution in [0.3, 0.4) is 0 Å². The van der Waals surface area contributed by atoms with Crippen molar-refractivity contribution < 1.29 is 19.1 Å². The molecular formula is C15H23NO4. The van der Waals surface area contributed by atoms with E-state index in [2.05, 4.69) is 13.8 Å². The number of rotatable bonds is 1. The number of ether oxygens (including phenoxy) is 2. The molecule has 0 aromatic carbocycles. The van der Waals surface area contributed by atoms with Gasteiger partial charge in [-0.2, -0.15) is 0 Å². The smallest absolute Gasteiger partial charge is 0.410 e. The monoisotopic (exact) mass is 281 g/mol. The number of hydrogen-bond donors (Lipinski definition) is 0. The van der Waals surface area contributed by atoms with Crippen LogP contribution in [0.4, 0.5) is 4.79 Å². The molecule has 2 aliphatic rings. The number of amides is 1. The lowest BCUT2D eigenvalue weighted by atomic mass is 9.72. The highest BCUT2D eigenvalue weighted by Gasteiger charge is 2.39. The van der Waals surface area contributed by atoms with Gasteiger partial charge < -0.3 is 14.4 Å². The van der Waals surface area contributed by atoms with Crippen LogP contribution in [-0.4, -0.2) is 49.2 Å². The van der Waals surface area contributed by atoms with Gasteiger partial charge in [-0.25, -0.2) is 4.79 Å². The Hall–Kier alpha value is -1.36. The first-order valence-electron chi connectivity index (χ1n) is 7.08. The van der Waals surface area contributed by atoms with Crippen LogP contribution in [0.1, 0.15) is 34.1 Å². The molecule has 1 saturated heterocycles. The molecule has 5 nitrogen and oxygen atoms in total. The van der Waals surface area contributed by atoms with Gasteiger partial charge in [-0.05, 0) is 24.8 Å². The van der Waals surface area contributed by atoms with Gasteiger partial charge in [0.2, 0.25) is 0 Å². The number of hydrogen-bond acceptors (Lipinski definition) is 4. The first kappa shape index (κ1) is 15.0. The fourth-order valence-corrected chi connectivity index (χ4v) is 2.68. The van der Waals surface area contributed by atoms with Crippen molar-refractivity contribution in [1.82, 2.24) is 4.90 Å². The van der Waals surface area contributed by atoms with Crippen LogP contribution in [0.2, 0.25) is 0 Å². The first-order valence-corrected chi connectivity index (χ1v) is 7.08. The molecule has 0 aromatic heterocycles. The van der Waals surface area contributed by atoms with Crippen LogP contribution >= 0.6 is 0 Å². The molecule has 1 atom stereocenters. The molecule has 5 heteroatoms. The Kier molecular flexibility index (Phi) is 4.18. The molecule has 0 aromatic rings. The number of allylic oxidation sites excluding steroid dienone is 1. The quantitative estimate of drug-likeness (QED) is 0.739. The minimum atomic E-state index is -0.663. The lowest BCUT2D eigenvalue weighted by Gasteiger charge is -2.37. The fraction of sp³-hybridized carbons (Fsp3) is 0.733. The largest absolute Gasteiger partial charge is 0.438 e. The molecule has 0 saturated carbocycles. The predicted molar refractivity (Wildman–Crippen MR) is 74.4 cm³/mol. The van der Waals surface area contributed by atoms with Crippen molar-refractivity contribution in [3.05, 3.63) is 11.1 Å². The molecule has 1 unspecified atom stereocenters. The van der Waals surface area contributed by atoms with Crippen molar-refractivity contribution in [2.75, 3.05) is 26.3 Å². The summed E-state index contributed by atoms with van der Waals surface area (Å²) in [5, 5.41) is 0. The number of Topliss-reactive ketones (excluding diaryl/α,β-unsaturated/α-hetero) is 1. The molecule has 0 spiro atoms. The van der Waals surface area contributed by atoms with E-state index in [1.54, 1.807) is 4.90 Å². The lowest BCUT2D eigenvalue weighted by molar-refractivity contribution is -0.127. The minimum absolute atomic E-state index is 0.0663. The van der Waals surface area contributed by atoms with Crippen molar-refractivity contribution in [1.29, 1.82) is 0 Å². The lowest BCUT2D eigenvalue weighted by Crippen LogP contribution is -2.45. The van der Waals surface area contributed by atoms with E-state index in [0.29, 0.717) is 32.7 Å². The van der Waals surface area contributed by atoms with Crippen LogP contribution in [0.5, 0.6) is 0 Å². The molecule has 1 aliphatic heterocycles. The Morgan fingerprint density at radius 2 is 1.90 bits per heavy atom. The third-order valence-corrected chi connectivity index (χ3v) is 4.45. The molecule has 2 rings (SSSR count). The third kappa shape index (κ3) is 2.87. The van der Waals surface area contributed by atoms with Crippen molar-refractivity contribution in [3.8, 4) is 0 Å². The van der Waals surface area contributed by atoms with E-state index in [1.807, 2.05) is 13.8 Å². The van der Waals surface area contributed by atoms with Crippen molar-refractivity contribution in [2.24, 2.45) is 5.41 Å². The molecule has 1 heterocycles. The molecule has 1 amide bonds. The van der Waals surface area contributed by atoms with Gasteiger partial charge in [0, 0.05) is 19.5 Å². The third-order valence-electron chi connectivity index (χ3n) is 4.45. The Morgan fingerprint density at radius 1 is 1.30 bits per heavy atom. The summed E-state index contributed by atoms with van der Waals surface area (Å²) < 4.78 is 10.6. The maximum atomic E-state index is 12.3. The fourth-order valence-electron chi connectivity index (χ4n) is 2.68.